The van der Waals surface area contributed by atoms with Crippen LogP contribution in [-0.4, -0.2) is 48.0 Å². The largest absolute Gasteiger partial charge is 0.468 e. The number of nitrogens with zero attached hydrogens (tertiary/aromatic N) is 1. The zero-order chi connectivity index (χ0) is 15.5. The Balaban J connectivity index is 1.74. The van der Waals surface area contributed by atoms with Crippen LogP contribution in [0.25, 0.3) is 0 Å². The fourth-order valence-electron chi connectivity index (χ4n) is 3.16. The van der Waals surface area contributed by atoms with Crippen LogP contribution in [0.15, 0.2) is 18.2 Å². The summed E-state index contributed by atoms with van der Waals surface area (Å²) in [6.45, 7) is 1.13. The minimum Gasteiger partial charge on any atom is -0.468 e. The van der Waals surface area contributed by atoms with Gasteiger partial charge >= 0.3 is 5.97 Å². The summed E-state index contributed by atoms with van der Waals surface area (Å²) in [6, 6.07) is 6.07. The van der Waals surface area contributed by atoms with Gasteiger partial charge < -0.3 is 9.64 Å². The molecule has 1 heterocycles. The molecule has 22 heavy (non-hydrogen) atoms. The van der Waals surface area contributed by atoms with Gasteiger partial charge in [-0.2, -0.15) is 0 Å². The highest BCUT2D eigenvalue weighted by Gasteiger charge is 2.30. The number of carbonyl (C=O) groups excluding carboxylic acids is 2. The predicted octanol–water partition coefficient (Wildman–Crippen LogP) is 2.30. The molecule has 5 heteroatoms. The highest BCUT2D eigenvalue weighted by Crippen LogP contribution is 2.25. The lowest BCUT2D eigenvalue weighted by atomic mass is 9.90. The highest BCUT2D eigenvalue weighted by atomic mass is 32.2. The number of methoxy groups -OCH3 is 1. The average molecular weight is 319 g/mol. The van der Waals surface area contributed by atoms with Crippen LogP contribution >= 0.6 is 11.8 Å². The van der Waals surface area contributed by atoms with Crippen molar-refractivity contribution in [2.24, 2.45) is 0 Å². The maximum absolute atomic E-state index is 12.7. The quantitative estimate of drug-likeness (QED) is 0.785. The van der Waals surface area contributed by atoms with Gasteiger partial charge in [0.2, 0.25) is 0 Å². The summed E-state index contributed by atoms with van der Waals surface area (Å²) in [6.07, 6.45) is 4.63. The molecule has 1 aromatic carbocycles. The third-order valence-electron chi connectivity index (χ3n) is 4.41. The lowest BCUT2D eigenvalue weighted by Crippen LogP contribution is -2.45. The summed E-state index contributed by atoms with van der Waals surface area (Å²) in [5, 5.41) is -0.264. The first-order valence-electron chi connectivity index (χ1n) is 7.79. The molecule has 1 fully saturated rings. The van der Waals surface area contributed by atoms with Crippen LogP contribution in [-0.2, 0) is 22.4 Å². The molecule has 3 rings (SSSR count). The van der Waals surface area contributed by atoms with Crippen molar-refractivity contribution in [3.8, 4) is 0 Å². The van der Waals surface area contributed by atoms with Gasteiger partial charge in [-0.3, -0.25) is 9.59 Å². The second-order valence-corrected chi connectivity index (χ2v) is 7.13. The van der Waals surface area contributed by atoms with E-state index in [1.807, 2.05) is 12.1 Å². The third kappa shape index (κ3) is 3.14. The van der Waals surface area contributed by atoms with Gasteiger partial charge in [-0.1, -0.05) is 6.07 Å². The fraction of sp³-hybridized carbons (Fsp3) is 0.529. The summed E-state index contributed by atoms with van der Waals surface area (Å²) < 4.78 is 4.80. The molecular formula is C17H21NO3S. The number of ether oxygens (including phenoxy) is 1. The van der Waals surface area contributed by atoms with E-state index in [0.29, 0.717) is 13.1 Å². The van der Waals surface area contributed by atoms with E-state index >= 15 is 0 Å². The van der Waals surface area contributed by atoms with Crippen molar-refractivity contribution >= 4 is 23.6 Å². The van der Waals surface area contributed by atoms with E-state index in [1.54, 1.807) is 16.7 Å². The predicted molar refractivity (Wildman–Crippen MR) is 87.2 cm³/mol. The van der Waals surface area contributed by atoms with E-state index in [4.69, 9.17) is 4.74 Å². The van der Waals surface area contributed by atoms with Crippen molar-refractivity contribution in [1.82, 2.24) is 4.90 Å². The van der Waals surface area contributed by atoms with Gasteiger partial charge in [0.1, 0.15) is 5.25 Å². The maximum Gasteiger partial charge on any atom is 0.320 e. The molecule has 1 aliphatic heterocycles. The van der Waals surface area contributed by atoms with Gasteiger partial charge in [0.05, 0.1) is 7.11 Å². The molecule has 0 spiro atoms. The highest BCUT2D eigenvalue weighted by molar-refractivity contribution is 8.00. The first kappa shape index (κ1) is 15.4. The molecule has 1 atom stereocenters. The minimum atomic E-state index is -0.264. The third-order valence-corrected chi connectivity index (χ3v) is 5.58. The Morgan fingerprint density at radius 3 is 2.77 bits per heavy atom. The number of hydrogen-bond acceptors (Lipinski definition) is 4. The molecule has 0 saturated carbocycles. The SMILES string of the molecule is COC(=O)[C@H]1CN(C(=O)c2ccc3c(c2)CCCC3)CCS1. The minimum absolute atomic E-state index is 0.0302. The first-order valence-corrected chi connectivity index (χ1v) is 8.84. The Kier molecular flexibility index (Phi) is 4.71. The normalized spacial score (nSPS) is 21.1. The van der Waals surface area contributed by atoms with Gasteiger partial charge in [0, 0.05) is 24.4 Å². The molecule has 1 amide bonds. The summed E-state index contributed by atoms with van der Waals surface area (Å²) in [5.41, 5.74) is 3.44. The molecule has 0 aromatic heterocycles. The van der Waals surface area contributed by atoms with Crippen LogP contribution < -0.4 is 0 Å². The Hall–Kier alpha value is -1.49. The van der Waals surface area contributed by atoms with E-state index in [2.05, 4.69) is 6.07 Å². The summed E-state index contributed by atoms with van der Waals surface area (Å²) in [4.78, 5) is 26.2. The molecule has 1 aliphatic carbocycles. The Labute approximate surface area is 135 Å². The number of fused-ring (bicyclic) bond motifs is 1. The van der Waals surface area contributed by atoms with Crippen LogP contribution in [0.2, 0.25) is 0 Å². The molecule has 118 valence electrons. The first-order chi connectivity index (χ1) is 10.7. The fourth-order valence-corrected chi connectivity index (χ4v) is 4.28. The van der Waals surface area contributed by atoms with Crippen molar-refractivity contribution in [2.75, 3.05) is 26.0 Å². The average Bonchev–Trinajstić information content (AvgIpc) is 2.60. The van der Waals surface area contributed by atoms with Crippen molar-refractivity contribution < 1.29 is 14.3 Å². The Bertz CT molecular complexity index is 587. The van der Waals surface area contributed by atoms with Gasteiger partial charge in [0.15, 0.2) is 0 Å². The second kappa shape index (κ2) is 6.73. The van der Waals surface area contributed by atoms with E-state index in [0.717, 1.165) is 24.2 Å². The topological polar surface area (TPSA) is 46.6 Å². The van der Waals surface area contributed by atoms with Crippen molar-refractivity contribution in [2.45, 2.75) is 30.9 Å². The van der Waals surface area contributed by atoms with Crippen LogP contribution in [0.4, 0.5) is 0 Å². The number of aryl methyl sites for hydroxylation is 2. The second-order valence-electron chi connectivity index (χ2n) is 5.82. The van der Waals surface area contributed by atoms with Crippen LogP contribution in [0.3, 0.4) is 0 Å². The zero-order valence-corrected chi connectivity index (χ0v) is 13.7. The van der Waals surface area contributed by atoms with E-state index in [1.165, 1.54) is 31.1 Å². The monoisotopic (exact) mass is 319 g/mol. The number of benzene rings is 1. The van der Waals surface area contributed by atoms with Crippen molar-refractivity contribution in [3.05, 3.63) is 34.9 Å². The summed E-state index contributed by atoms with van der Waals surface area (Å²) in [7, 11) is 1.40. The van der Waals surface area contributed by atoms with Crippen molar-refractivity contribution in [1.29, 1.82) is 0 Å². The molecule has 0 radical (unpaired) electrons. The van der Waals surface area contributed by atoms with Crippen LogP contribution in [0.5, 0.6) is 0 Å². The van der Waals surface area contributed by atoms with Gasteiger partial charge in [0.25, 0.3) is 5.91 Å². The number of esters is 1. The number of thioether (sulfide) groups is 1. The zero-order valence-electron chi connectivity index (χ0n) is 12.8. The number of rotatable bonds is 2. The molecule has 1 aromatic rings. The van der Waals surface area contributed by atoms with Gasteiger partial charge in [-0.05, 0) is 48.9 Å². The molecule has 0 unspecified atom stereocenters. The molecule has 0 N–H and O–H groups in total. The van der Waals surface area contributed by atoms with Crippen LogP contribution in [0.1, 0.15) is 34.3 Å². The molecular weight excluding hydrogens is 298 g/mol. The molecule has 4 nitrogen and oxygen atoms in total. The number of hydrogen-bond donors (Lipinski definition) is 0. The summed E-state index contributed by atoms with van der Waals surface area (Å²) >= 11 is 1.57. The summed E-state index contributed by atoms with van der Waals surface area (Å²) in [5.74, 6) is 0.562. The Morgan fingerprint density at radius 1 is 1.23 bits per heavy atom. The number of carbonyl (C=O) groups is 2. The van der Waals surface area contributed by atoms with Crippen molar-refractivity contribution in [3.63, 3.8) is 0 Å². The van der Waals surface area contributed by atoms with Crippen LogP contribution in [0, 0.1) is 0 Å². The smallest absolute Gasteiger partial charge is 0.320 e. The molecule has 0 bridgehead atoms. The molecule has 1 saturated heterocycles. The van der Waals surface area contributed by atoms with E-state index in [9.17, 15) is 9.59 Å². The Morgan fingerprint density at radius 2 is 2.00 bits per heavy atom. The van der Waals surface area contributed by atoms with Gasteiger partial charge in [-0.25, -0.2) is 0 Å². The lowest BCUT2D eigenvalue weighted by molar-refractivity contribution is -0.140. The maximum atomic E-state index is 12.7. The molecule has 2 aliphatic rings. The number of amides is 1. The van der Waals surface area contributed by atoms with E-state index in [-0.39, 0.29) is 17.1 Å². The lowest BCUT2D eigenvalue weighted by Gasteiger charge is -2.31. The van der Waals surface area contributed by atoms with E-state index < -0.39 is 0 Å². The van der Waals surface area contributed by atoms with Gasteiger partial charge in [-0.15, -0.1) is 11.8 Å². The standard InChI is InChI=1S/C17H21NO3S/c1-21-17(20)15-11-18(8-9-22-15)16(19)14-7-6-12-4-2-3-5-13(12)10-14/h6-7,10,15H,2-5,8-9,11H2,1H3/t15-/m1/s1.